The summed E-state index contributed by atoms with van der Waals surface area (Å²) >= 11 is 5.50. The molecule has 0 aromatic heterocycles. The van der Waals surface area contributed by atoms with Gasteiger partial charge in [-0.2, -0.15) is 0 Å². The van der Waals surface area contributed by atoms with Crippen molar-refractivity contribution in [3.63, 3.8) is 0 Å². The summed E-state index contributed by atoms with van der Waals surface area (Å²) in [6, 6.07) is 0. The second-order valence-corrected chi connectivity index (χ2v) is 3.78. The summed E-state index contributed by atoms with van der Waals surface area (Å²) < 4.78 is 0. The molecule has 0 aliphatic carbocycles. The fourth-order valence-electron chi connectivity index (χ4n) is 0.991. The zero-order valence-electron chi connectivity index (χ0n) is 8.52. The van der Waals surface area contributed by atoms with Crippen LogP contribution in [-0.2, 0) is 0 Å². The summed E-state index contributed by atoms with van der Waals surface area (Å²) in [5.74, 6) is 0.423. The normalized spacial score (nSPS) is 14.6. The van der Waals surface area contributed by atoms with Crippen molar-refractivity contribution in [1.29, 1.82) is 0 Å². The van der Waals surface area contributed by atoms with Gasteiger partial charge in [0.1, 0.15) is 0 Å². The molecule has 0 rings (SSSR count). The van der Waals surface area contributed by atoms with Crippen LogP contribution in [0.4, 0.5) is 0 Å². The van der Waals surface area contributed by atoms with Crippen LogP contribution < -0.4 is 5.32 Å². The average molecular weight is 206 g/mol. The molecule has 0 amide bonds. The van der Waals surface area contributed by atoms with E-state index in [0.29, 0.717) is 12.5 Å². The molecule has 0 heterocycles. The van der Waals surface area contributed by atoms with Crippen LogP contribution in [0.2, 0.25) is 0 Å². The van der Waals surface area contributed by atoms with Gasteiger partial charge in [0.25, 0.3) is 0 Å². The van der Waals surface area contributed by atoms with E-state index in [2.05, 4.69) is 12.2 Å². The van der Waals surface area contributed by atoms with Gasteiger partial charge in [-0.1, -0.05) is 18.5 Å². The molecule has 78 valence electrons. The number of rotatable bonds is 7. The van der Waals surface area contributed by atoms with E-state index in [1.165, 1.54) is 0 Å². The van der Waals surface area contributed by atoms with Crippen molar-refractivity contribution >= 4 is 11.6 Å². The number of hydrogen-bond donors (Lipinski definition) is 2. The molecule has 3 heteroatoms. The van der Waals surface area contributed by atoms with E-state index >= 15 is 0 Å². The lowest BCUT2D eigenvalue weighted by atomic mass is 10.1. The maximum absolute atomic E-state index is 8.77. The van der Waals surface area contributed by atoms with Crippen molar-refractivity contribution in [2.45, 2.75) is 26.7 Å². The number of nitrogens with one attached hydrogen (secondary N) is 1. The Kier molecular flexibility index (Phi) is 8.51. The second-order valence-electron chi connectivity index (χ2n) is 3.56. The standard InChI is InChI=1S/C10H20ClNO/c1-9(8-13)4-3-5-12-7-10(2)6-11/h6,9,12-13H,3-5,7-8H2,1-2H3. The Hall–Kier alpha value is -0.0500. The fourth-order valence-corrected chi connectivity index (χ4v) is 1.07. The van der Waals surface area contributed by atoms with Crippen LogP contribution in [0.1, 0.15) is 26.7 Å². The molecule has 0 spiro atoms. The lowest BCUT2D eigenvalue weighted by Crippen LogP contribution is -2.18. The number of halogens is 1. The van der Waals surface area contributed by atoms with Gasteiger partial charge in [-0.15, -0.1) is 0 Å². The lowest BCUT2D eigenvalue weighted by molar-refractivity contribution is 0.228. The van der Waals surface area contributed by atoms with Gasteiger partial charge in [-0.3, -0.25) is 0 Å². The lowest BCUT2D eigenvalue weighted by Gasteiger charge is -2.08. The molecule has 0 fully saturated rings. The third-order valence-corrected chi connectivity index (χ3v) is 2.32. The zero-order chi connectivity index (χ0) is 10.1. The minimum atomic E-state index is 0.292. The average Bonchev–Trinajstić information content (AvgIpc) is 2.16. The summed E-state index contributed by atoms with van der Waals surface area (Å²) in [5.41, 5.74) is 2.75. The molecule has 0 aliphatic rings. The van der Waals surface area contributed by atoms with Crippen molar-refractivity contribution in [1.82, 2.24) is 5.32 Å². The van der Waals surface area contributed by atoms with Gasteiger partial charge in [0.05, 0.1) is 0 Å². The first-order chi connectivity index (χ1) is 6.20. The Morgan fingerprint density at radius 3 is 2.85 bits per heavy atom. The van der Waals surface area contributed by atoms with Gasteiger partial charge in [0, 0.05) is 18.7 Å². The predicted molar refractivity (Wildman–Crippen MR) is 58.0 cm³/mol. The molecule has 2 N–H and O–H groups in total. The molecular formula is C10H20ClNO. The first kappa shape index (κ1) is 12.9. The van der Waals surface area contributed by atoms with Crippen LogP contribution in [0, 0.1) is 5.92 Å². The van der Waals surface area contributed by atoms with Gasteiger partial charge in [-0.05, 0) is 37.8 Å². The molecule has 13 heavy (non-hydrogen) atoms. The first-order valence-corrected chi connectivity index (χ1v) is 5.21. The fraction of sp³-hybridized carbons (Fsp3) is 0.800. The highest BCUT2D eigenvalue weighted by Gasteiger charge is 1.98. The highest BCUT2D eigenvalue weighted by atomic mass is 35.5. The summed E-state index contributed by atoms with van der Waals surface area (Å²) in [4.78, 5) is 0. The minimum Gasteiger partial charge on any atom is -0.396 e. The monoisotopic (exact) mass is 205 g/mol. The Balaban J connectivity index is 3.17. The zero-order valence-corrected chi connectivity index (χ0v) is 9.27. The molecular weight excluding hydrogens is 186 g/mol. The van der Waals surface area contributed by atoms with Crippen molar-refractivity contribution in [3.05, 3.63) is 11.1 Å². The van der Waals surface area contributed by atoms with Crippen LogP contribution in [-0.4, -0.2) is 24.8 Å². The maximum Gasteiger partial charge on any atom is 0.0456 e. The minimum absolute atomic E-state index is 0.292. The third-order valence-electron chi connectivity index (χ3n) is 1.95. The van der Waals surface area contributed by atoms with E-state index in [1.54, 1.807) is 5.54 Å². The molecule has 0 aromatic rings. The second kappa shape index (κ2) is 8.54. The van der Waals surface area contributed by atoms with E-state index < -0.39 is 0 Å². The molecule has 1 atom stereocenters. The number of hydrogen-bond acceptors (Lipinski definition) is 2. The van der Waals surface area contributed by atoms with Gasteiger partial charge >= 0.3 is 0 Å². The van der Waals surface area contributed by atoms with Gasteiger partial charge < -0.3 is 10.4 Å². The maximum atomic E-state index is 8.77. The molecule has 0 saturated heterocycles. The number of aliphatic hydroxyl groups is 1. The third kappa shape index (κ3) is 8.28. The van der Waals surface area contributed by atoms with E-state index in [9.17, 15) is 0 Å². The Labute approximate surface area is 86.0 Å². The molecule has 1 unspecified atom stereocenters. The smallest absolute Gasteiger partial charge is 0.0456 e. The van der Waals surface area contributed by atoms with Crippen molar-refractivity contribution in [3.8, 4) is 0 Å². The van der Waals surface area contributed by atoms with Crippen LogP contribution >= 0.6 is 11.6 Å². The summed E-state index contributed by atoms with van der Waals surface area (Å²) in [5, 5.41) is 12.1. The summed E-state index contributed by atoms with van der Waals surface area (Å²) in [6.45, 7) is 6.20. The molecule has 0 bridgehead atoms. The van der Waals surface area contributed by atoms with Crippen LogP contribution in [0.5, 0.6) is 0 Å². The van der Waals surface area contributed by atoms with Crippen molar-refractivity contribution in [2.24, 2.45) is 5.92 Å². The quantitative estimate of drug-likeness (QED) is 0.625. The SMILES string of the molecule is CC(=CCl)CNCCCC(C)CO. The van der Waals surface area contributed by atoms with E-state index in [4.69, 9.17) is 16.7 Å². The van der Waals surface area contributed by atoms with Gasteiger partial charge in [0.2, 0.25) is 0 Å². The molecule has 2 nitrogen and oxygen atoms in total. The van der Waals surface area contributed by atoms with Gasteiger partial charge in [0.15, 0.2) is 0 Å². The Morgan fingerprint density at radius 2 is 2.31 bits per heavy atom. The first-order valence-electron chi connectivity index (χ1n) is 4.78. The molecule has 0 radical (unpaired) electrons. The highest BCUT2D eigenvalue weighted by Crippen LogP contribution is 2.02. The summed E-state index contributed by atoms with van der Waals surface area (Å²) in [7, 11) is 0. The Bertz CT molecular complexity index is 148. The van der Waals surface area contributed by atoms with Crippen LogP contribution in [0.15, 0.2) is 11.1 Å². The van der Waals surface area contributed by atoms with E-state index in [-0.39, 0.29) is 0 Å². The molecule has 0 saturated carbocycles. The van der Waals surface area contributed by atoms with Crippen molar-refractivity contribution < 1.29 is 5.11 Å². The number of aliphatic hydroxyl groups excluding tert-OH is 1. The largest absolute Gasteiger partial charge is 0.396 e. The Morgan fingerprint density at radius 1 is 1.62 bits per heavy atom. The van der Waals surface area contributed by atoms with Gasteiger partial charge in [-0.25, -0.2) is 0 Å². The summed E-state index contributed by atoms with van der Waals surface area (Å²) in [6.07, 6.45) is 2.18. The van der Waals surface area contributed by atoms with Crippen molar-refractivity contribution in [2.75, 3.05) is 19.7 Å². The topological polar surface area (TPSA) is 32.3 Å². The van der Waals surface area contributed by atoms with Crippen LogP contribution in [0.3, 0.4) is 0 Å². The van der Waals surface area contributed by atoms with Crippen LogP contribution in [0.25, 0.3) is 0 Å². The molecule has 0 aliphatic heterocycles. The van der Waals surface area contributed by atoms with E-state index in [1.807, 2.05) is 6.92 Å². The predicted octanol–water partition coefficient (Wildman–Crippen LogP) is 2.13. The highest BCUT2D eigenvalue weighted by molar-refractivity contribution is 6.25. The molecule has 0 aromatic carbocycles. The van der Waals surface area contributed by atoms with E-state index in [0.717, 1.165) is 31.5 Å².